The molecule has 202 valence electrons. The van der Waals surface area contributed by atoms with Crippen molar-refractivity contribution in [2.24, 2.45) is 0 Å². The molecule has 8 nitrogen and oxygen atoms in total. The third kappa shape index (κ3) is 5.19. The highest BCUT2D eigenvalue weighted by molar-refractivity contribution is 6.46. The van der Waals surface area contributed by atoms with Crippen LogP contribution in [0.2, 0.25) is 0 Å². The van der Waals surface area contributed by atoms with E-state index in [1.807, 2.05) is 19.1 Å². The summed E-state index contributed by atoms with van der Waals surface area (Å²) in [6.45, 7) is 4.78. The second-order valence-corrected chi connectivity index (χ2v) is 9.85. The number of methoxy groups -OCH3 is 1. The molecule has 1 N–H and O–H groups in total. The number of hydrogen-bond donors (Lipinski definition) is 1. The smallest absolute Gasteiger partial charge is 0.295 e. The lowest BCUT2D eigenvalue weighted by Gasteiger charge is -2.26. The van der Waals surface area contributed by atoms with E-state index in [4.69, 9.17) is 14.2 Å². The molecular weight excluding hydrogens is 496 g/mol. The van der Waals surface area contributed by atoms with Crippen LogP contribution in [0.1, 0.15) is 55.0 Å². The molecule has 0 aliphatic carbocycles. The first-order valence-electron chi connectivity index (χ1n) is 13.2. The molecule has 0 saturated carbocycles. The quantitative estimate of drug-likeness (QED) is 0.176. The maximum absolute atomic E-state index is 13.5. The van der Waals surface area contributed by atoms with Crippen molar-refractivity contribution in [1.82, 2.24) is 9.88 Å². The first-order chi connectivity index (χ1) is 18.9. The zero-order chi connectivity index (χ0) is 27.5. The number of fused-ring (bicyclic) bond motifs is 1. The van der Waals surface area contributed by atoms with Gasteiger partial charge in [0.25, 0.3) is 11.7 Å². The van der Waals surface area contributed by atoms with Gasteiger partial charge in [0.05, 0.1) is 25.3 Å². The van der Waals surface area contributed by atoms with Crippen molar-refractivity contribution in [3.05, 3.63) is 88.8 Å². The van der Waals surface area contributed by atoms with Gasteiger partial charge in [-0.2, -0.15) is 0 Å². The number of carbonyl (C=O) groups is 2. The molecule has 0 bridgehead atoms. The van der Waals surface area contributed by atoms with E-state index in [0.717, 1.165) is 29.7 Å². The summed E-state index contributed by atoms with van der Waals surface area (Å²) >= 11 is 0. The zero-order valence-electron chi connectivity index (χ0n) is 22.3. The van der Waals surface area contributed by atoms with Crippen LogP contribution in [0.5, 0.6) is 17.2 Å². The summed E-state index contributed by atoms with van der Waals surface area (Å²) in [6, 6.07) is 13.4. The normalized spacial score (nSPS) is 19.6. The van der Waals surface area contributed by atoms with Gasteiger partial charge in [0.15, 0.2) is 11.5 Å². The number of amides is 1. The zero-order valence-corrected chi connectivity index (χ0v) is 22.3. The molecule has 5 rings (SSSR count). The number of pyridine rings is 1. The van der Waals surface area contributed by atoms with Crippen molar-refractivity contribution in [3.8, 4) is 17.2 Å². The van der Waals surface area contributed by atoms with Crippen LogP contribution in [0.15, 0.2) is 66.5 Å². The van der Waals surface area contributed by atoms with Crippen LogP contribution in [-0.4, -0.2) is 46.5 Å². The number of likely N-dealkylation sites (tertiary alicyclic amines) is 1. The highest BCUT2D eigenvalue weighted by atomic mass is 16.5. The van der Waals surface area contributed by atoms with E-state index < -0.39 is 17.7 Å². The van der Waals surface area contributed by atoms with Crippen molar-refractivity contribution in [3.63, 3.8) is 0 Å². The fourth-order valence-electron chi connectivity index (χ4n) is 5.10. The predicted octanol–water partition coefficient (Wildman–Crippen LogP) is 5.21. The Bertz CT molecular complexity index is 1420. The molecule has 3 aromatic rings. The molecule has 3 heterocycles. The number of aliphatic hydroxyl groups excluding tert-OH is 1. The number of nitrogens with zero attached hydrogens (tertiary/aromatic N) is 2. The number of ketones is 1. The number of ether oxygens (including phenoxy) is 3. The monoisotopic (exact) mass is 528 g/mol. The van der Waals surface area contributed by atoms with Gasteiger partial charge in [-0.05, 0) is 72.5 Å². The second-order valence-electron chi connectivity index (χ2n) is 9.85. The van der Waals surface area contributed by atoms with Crippen LogP contribution < -0.4 is 14.2 Å². The third-order valence-electron chi connectivity index (χ3n) is 7.07. The van der Waals surface area contributed by atoms with Crippen molar-refractivity contribution in [1.29, 1.82) is 0 Å². The average Bonchev–Trinajstić information content (AvgIpc) is 3.44. The molecule has 8 heteroatoms. The molecule has 0 spiro atoms. The Morgan fingerprint density at radius 1 is 1.10 bits per heavy atom. The van der Waals surface area contributed by atoms with E-state index in [1.54, 1.807) is 55.9 Å². The highest BCUT2D eigenvalue weighted by Crippen LogP contribution is 2.43. The fraction of sp³-hybridized carbons (Fsp3) is 0.323. The van der Waals surface area contributed by atoms with Crippen LogP contribution in [0.3, 0.4) is 0 Å². The van der Waals surface area contributed by atoms with E-state index in [-0.39, 0.29) is 24.0 Å². The second kappa shape index (κ2) is 11.2. The van der Waals surface area contributed by atoms with Gasteiger partial charge < -0.3 is 24.2 Å². The molecule has 0 radical (unpaired) electrons. The van der Waals surface area contributed by atoms with Gasteiger partial charge in [-0.1, -0.05) is 19.4 Å². The number of benzene rings is 2. The van der Waals surface area contributed by atoms with Crippen LogP contribution in [0.25, 0.3) is 5.76 Å². The number of carbonyl (C=O) groups excluding carboxylic acids is 2. The minimum atomic E-state index is -0.833. The van der Waals surface area contributed by atoms with Gasteiger partial charge >= 0.3 is 0 Å². The summed E-state index contributed by atoms with van der Waals surface area (Å²) in [7, 11) is 1.55. The average molecular weight is 529 g/mol. The summed E-state index contributed by atoms with van der Waals surface area (Å²) in [5.41, 5.74) is 2.88. The SMILES string of the molecule is CCCCOc1ccc(C2C(=C(O)c3ccc4c(c3)CC(C)O4)C(=O)C(=O)N2Cc2ccncc2)cc1OC. The molecule has 2 unspecified atom stereocenters. The molecule has 1 saturated heterocycles. The molecule has 1 amide bonds. The Kier molecular flexibility index (Phi) is 7.54. The molecule has 2 aliphatic rings. The number of rotatable bonds is 9. The van der Waals surface area contributed by atoms with Gasteiger partial charge in [-0.3, -0.25) is 14.6 Å². The number of unbranched alkanes of at least 4 members (excludes halogenated alkanes) is 1. The maximum Gasteiger partial charge on any atom is 0.295 e. The molecule has 1 fully saturated rings. The van der Waals surface area contributed by atoms with Crippen LogP contribution in [-0.2, 0) is 22.6 Å². The minimum absolute atomic E-state index is 0.0303. The van der Waals surface area contributed by atoms with Crippen LogP contribution in [0.4, 0.5) is 0 Å². The summed E-state index contributed by atoms with van der Waals surface area (Å²) in [5, 5.41) is 11.5. The number of Topliss-reactive ketones (excluding diaryl/α,β-unsaturated/α-hetero) is 1. The van der Waals surface area contributed by atoms with Crippen molar-refractivity contribution >= 4 is 17.4 Å². The summed E-state index contributed by atoms with van der Waals surface area (Å²) in [6.07, 6.45) is 5.92. The van der Waals surface area contributed by atoms with Crippen LogP contribution >= 0.6 is 0 Å². The standard InChI is InChI=1S/C31H32N2O6/c1-4-5-14-38-25-9-6-21(17-26(25)37-3)28-27(29(34)22-7-8-24-23(16-22)15-19(2)39-24)30(35)31(36)33(28)18-20-10-12-32-13-11-20/h6-13,16-17,19,28,34H,4-5,14-15,18H2,1-3H3. The molecule has 2 aromatic carbocycles. The number of aromatic nitrogens is 1. The van der Waals surface area contributed by atoms with E-state index in [2.05, 4.69) is 11.9 Å². The van der Waals surface area contributed by atoms with E-state index in [9.17, 15) is 14.7 Å². The molecular formula is C31H32N2O6. The minimum Gasteiger partial charge on any atom is -0.507 e. The van der Waals surface area contributed by atoms with Crippen LogP contribution in [0, 0.1) is 0 Å². The Morgan fingerprint density at radius 2 is 1.90 bits per heavy atom. The van der Waals surface area contributed by atoms with Gasteiger partial charge in [-0.15, -0.1) is 0 Å². The Morgan fingerprint density at radius 3 is 2.64 bits per heavy atom. The van der Waals surface area contributed by atoms with Gasteiger partial charge in [-0.25, -0.2) is 0 Å². The maximum atomic E-state index is 13.5. The van der Waals surface area contributed by atoms with Crippen molar-refractivity contribution in [2.75, 3.05) is 13.7 Å². The lowest BCUT2D eigenvalue weighted by atomic mass is 9.94. The number of hydrogen-bond acceptors (Lipinski definition) is 7. The fourth-order valence-corrected chi connectivity index (χ4v) is 5.10. The molecule has 2 aliphatic heterocycles. The molecule has 1 aromatic heterocycles. The third-order valence-corrected chi connectivity index (χ3v) is 7.07. The first-order valence-corrected chi connectivity index (χ1v) is 13.2. The Hall–Kier alpha value is -4.33. The van der Waals surface area contributed by atoms with Crippen molar-refractivity contribution < 1.29 is 28.9 Å². The summed E-state index contributed by atoms with van der Waals surface area (Å²) < 4.78 is 17.3. The van der Waals surface area contributed by atoms with Crippen molar-refractivity contribution in [2.45, 2.75) is 51.8 Å². The predicted molar refractivity (Wildman–Crippen MR) is 146 cm³/mol. The van der Waals surface area contributed by atoms with E-state index in [0.29, 0.717) is 35.7 Å². The molecule has 39 heavy (non-hydrogen) atoms. The lowest BCUT2D eigenvalue weighted by Crippen LogP contribution is -2.29. The Labute approximate surface area is 227 Å². The Balaban J connectivity index is 1.60. The summed E-state index contributed by atoms with van der Waals surface area (Å²) in [4.78, 5) is 32.4. The van der Waals surface area contributed by atoms with Gasteiger partial charge in [0.2, 0.25) is 0 Å². The lowest BCUT2D eigenvalue weighted by molar-refractivity contribution is -0.140. The van der Waals surface area contributed by atoms with Gasteiger partial charge in [0, 0.05) is 30.9 Å². The van der Waals surface area contributed by atoms with Gasteiger partial charge in [0.1, 0.15) is 17.6 Å². The molecule has 2 atom stereocenters. The number of aliphatic hydroxyl groups is 1. The van der Waals surface area contributed by atoms with E-state index in [1.165, 1.54) is 4.90 Å². The topological polar surface area (TPSA) is 98.2 Å². The van der Waals surface area contributed by atoms with E-state index >= 15 is 0 Å². The largest absolute Gasteiger partial charge is 0.507 e. The summed E-state index contributed by atoms with van der Waals surface area (Å²) in [5.74, 6) is 0.185. The highest BCUT2D eigenvalue weighted by Gasteiger charge is 2.46. The first kappa shape index (κ1) is 26.3.